The maximum absolute atomic E-state index is 13.2. The standard InChI is InChI=1S/C23H24N2O/c1-15-11-12-20-19(13-15)18-9-6-10-21-23(18)24(20)14-22(26)25(21)16(2)17-7-4-3-5-8-17/h3-5,7-8,11-13,16,21H,6,9-10,14H2,1-2H3/t16-,21+/m1/s1. The van der Waals surface area contributed by atoms with Crippen molar-refractivity contribution in [3.8, 4) is 0 Å². The topological polar surface area (TPSA) is 25.2 Å². The number of aryl methyl sites for hydroxylation is 2. The van der Waals surface area contributed by atoms with E-state index < -0.39 is 0 Å². The highest BCUT2D eigenvalue weighted by atomic mass is 16.2. The lowest BCUT2D eigenvalue weighted by molar-refractivity contribution is -0.139. The fraction of sp³-hybridized carbons (Fsp3) is 0.348. The van der Waals surface area contributed by atoms with Crippen molar-refractivity contribution in [1.82, 2.24) is 9.47 Å². The van der Waals surface area contributed by atoms with Crippen molar-refractivity contribution < 1.29 is 4.79 Å². The van der Waals surface area contributed by atoms with Gasteiger partial charge in [0.25, 0.3) is 0 Å². The summed E-state index contributed by atoms with van der Waals surface area (Å²) in [6.07, 6.45) is 3.34. The first kappa shape index (κ1) is 15.7. The van der Waals surface area contributed by atoms with E-state index in [1.54, 1.807) is 0 Å². The molecule has 1 aliphatic carbocycles. The SMILES string of the molecule is Cc1ccc2c(c1)c1c3n2CC(=O)N([C@H](C)c2ccccc2)[C@H]3CCC1. The smallest absolute Gasteiger partial charge is 0.243 e. The molecule has 1 amide bonds. The summed E-state index contributed by atoms with van der Waals surface area (Å²) in [6.45, 7) is 4.78. The molecule has 0 spiro atoms. The van der Waals surface area contributed by atoms with Crippen LogP contribution >= 0.6 is 0 Å². The number of benzene rings is 2. The molecule has 0 bridgehead atoms. The van der Waals surface area contributed by atoms with E-state index in [1.807, 2.05) is 6.07 Å². The van der Waals surface area contributed by atoms with Crippen LogP contribution in [0, 0.1) is 6.92 Å². The largest absolute Gasteiger partial charge is 0.333 e. The Bertz CT molecular complexity index is 1000. The van der Waals surface area contributed by atoms with Crippen LogP contribution in [0.3, 0.4) is 0 Å². The van der Waals surface area contributed by atoms with Gasteiger partial charge in [-0.1, -0.05) is 42.0 Å². The number of fused-ring (bicyclic) bond motifs is 3. The predicted octanol–water partition coefficient (Wildman–Crippen LogP) is 4.93. The van der Waals surface area contributed by atoms with Gasteiger partial charge in [-0.25, -0.2) is 0 Å². The average Bonchev–Trinajstić information content (AvgIpc) is 2.97. The minimum atomic E-state index is 0.105. The Hall–Kier alpha value is -2.55. The van der Waals surface area contributed by atoms with Gasteiger partial charge < -0.3 is 9.47 Å². The van der Waals surface area contributed by atoms with Gasteiger partial charge in [0.1, 0.15) is 6.54 Å². The summed E-state index contributed by atoms with van der Waals surface area (Å²) in [7, 11) is 0. The zero-order valence-electron chi connectivity index (χ0n) is 15.4. The van der Waals surface area contributed by atoms with E-state index in [4.69, 9.17) is 0 Å². The third-order valence-corrected chi connectivity index (χ3v) is 6.20. The molecular formula is C23H24N2O. The lowest BCUT2D eigenvalue weighted by Gasteiger charge is -2.43. The summed E-state index contributed by atoms with van der Waals surface area (Å²) >= 11 is 0. The molecule has 0 saturated heterocycles. The molecule has 0 radical (unpaired) electrons. The minimum absolute atomic E-state index is 0.105. The van der Waals surface area contributed by atoms with Crippen LogP contribution in [0.4, 0.5) is 0 Å². The van der Waals surface area contributed by atoms with Crippen molar-refractivity contribution >= 4 is 16.8 Å². The van der Waals surface area contributed by atoms with Crippen LogP contribution in [-0.4, -0.2) is 15.4 Å². The number of amides is 1. The number of aromatic nitrogens is 1. The van der Waals surface area contributed by atoms with Gasteiger partial charge in [-0.05, 0) is 56.4 Å². The molecule has 3 nitrogen and oxygen atoms in total. The molecule has 0 saturated carbocycles. The summed E-state index contributed by atoms with van der Waals surface area (Å²) in [4.78, 5) is 15.3. The van der Waals surface area contributed by atoms with Gasteiger partial charge in [0, 0.05) is 16.6 Å². The number of hydrogen-bond acceptors (Lipinski definition) is 1. The Morgan fingerprint density at radius 1 is 1.12 bits per heavy atom. The van der Waals surface area contributed by atoms with Gasteiger partial charge in [-0.15, -0.1) is 0 Å². The van der Waals surface area contributed by atoms with E-state index in [-0.39, 0.29) is 18.0 Å². The van der Waals surface area contributed by atoms with Crippen molar-refractivity contribution in [1.29, 1.82) is 0 Å². The fourth-order valence-electron chi connectivity index (χ4n) is 5.02. The quantitative estimate of drug-likeness (QED) is 0.647. The molecule has 2 aromatic carbocycles. The zero-order valence-corrected chi connectivity index (χ0v) is 15.4. The van der Waals surface area contributed by atoms with E-state index in [1.165, 1.54) is 33.3 Å². The van der Waals surface area contributed by atoms with E-state index in [0.717, 1.165) is 19.3 Å². The van der Waals surface area contributed by atoms with E-state index in [9.17, 15) is 4.79 Å². The number of nitrogens with zero attached hydrogens (tertiary/aromatic N) is 2. The van der Waals surface area contributed by atoms with Crippen molar-refractivity contribution in [2.24, 2.45) is 0 Å². The van der Waals surface area contributed by atoms with Crippen LogP contribution in [0.25, 0.3) is 10.9 Å². The lowest BCUT2D eigenvalue weighted by Crippen LogP contribution is -2.45. The second-order valence-corrected chi connectivity index (χ2v) is 7.77. The van der Waals surface area contributed by atoms with E-state index in [0.29, 0.717) is 6.54 Å². The molecule has 1 aromatic heterocycles. The molecule has 0 fully saturated rings. The van der Waals surface area contributed by atoms with Crippen LogP contribution in [-0.2, 0) is 17.8 Å². The first-order chi connectivity index (χ1) is 12.6. The van der Waals surface area contributed by atoms with Crippen LogP contribution < -0.4 is 0 Å². The van der Waals surface area contributed by atoms with Gasteiger partial charge in [-0.3, -0.25) is 4.79 Å². The molecule has 2 atom stereocenters. The minimum Gasteiger partial charge on any atom is -0.333 e. The molecule has 3 heteroatoms. The first-order valence-corrected chi connectivity index (χ1v) is 9.63. The number of hydrogen-bond donors (Lipinski definition) is 0. The van der Waals surface area contributed by atoms with Crippen molar-refractivity contribution in [2.75, 3.05) is 0 Å². The molecule has 2 heterocycles. The fourth-order valence-corrected chi connectivity index (χ4v) is 5.02. The molecule has 5 rings (SSSR count). The normalized spacial score (nSPS) is 20.3. The summed E-state index contributed by atoms with van der Waals surface area (Å²) < 4.78 is 2.30. The van der Waals surface area contributed by atoms with Crippen LogP contribution in [0.15, 0.2) is 48.5 Å². The van der Waals surface area contributed by atoms with E-state index >= 15 is 0 Å². The highest BCUT2D eigenvalue weighted by Gasteiger charge is 2.40. The van der Waals surface area contributed by atoms with Crippen LogP contribution in [0.5, 0.6) is 0 Å². The Labute approximate surface area is 154 Å². The zero-order chi connectivity index (χ0) is 17.8. The second-order valence-electron chi connectivity index (χ2n) is 7.77. The predicted molar refractivity (Wildman–Crippen MR) is 104 cm³/mol. The van der Waals surface area contributed by atoms with Crippen LogP contribution in [0.1, 0.15) is 54.2 Å². The molecule has 26 heavy (non-hydrogen) atoms. The number of rotatable bonds is 2. The highest BCUT2D eigenvalue weighted by Crippen LogP contribution is 2.45. The van der Waals surface area contributed by atoms with Gasteiger partial charge in [0.2, 0.25) is 5.91 Å². The molecule has 0 N–H and O–H groups in total. The average molecular weight is 344 g/mol. The Morgan fingerprint density at radius 2 is 1.92 bits per heavy atom. The molecule has 2 aliphatic rings. The van der Waals surface area contributed by atoms with Crippen molar-refractivity contribution in [3.05, 3.63) is 70.9 Å². The van der Waals surface area contributed by atoms with Crippen molar-refractivity contribution in [3.63, 3.8) is 0 Å². The van der Waals surface area contributed by atoms with Crippen molar-refractivity contribution in [2.45, 2.75) is 51.7 Å². The molecule has 3 aromatic rings. The Kier molecular flexibility index (Phi) is 3.46. The summed E-state index contributed by atoms with van der Waals surface area (Å²) in [5, 5.41) is 1.35. The molecule has 1 aliphatic heterocycles. The monoisotopic (exact) mass is 344 g/mol. The lowest BCUT2D eigenvalue weighted by atomic mass is 9.88. The third-order valence-electron chi connectivity index (χ3n) is 6.20. The van der Waals surface area contributed by atoms with Crippen LogP contribution in [0.2, 0.25) is 0 Å². The Balaban J connectivity index is 1.68. The molecular weight excluding hydrogens is 320 g/mol. The van der Waals surface area contributed by atoms with Gasteiger partial charge in [-0.2, -0.15) is 0 Å². The first-order valence-electron chi connectivity index (χ1n) is 9.63. The van der Waals surface area contributed by atoms with E-state index in [2.05, 4.69) is 65.8 Å². The van der Waals surface area contributed by atoms with Gasteiger partial charge in [0.05, 0.1) is 12.1 Å². The maximum Gasteiger partial charge on any atom is 0.243 e. The number of carbonyl (C=O) groups is 1. The summed E-state index contributed by atoms with van der Waals surface area (Å²) in [5.74, 6) is 0.241. The maximum atomic E-state index is 13.2. The molecule has 0 unspecified atom stereocenters. The second kappa shape index (κ2) is 5.73. The van der Waals surface area contributed by atoms with Gasteiger partial charge in [0.15, 0.2) is 0 Å². The highest BCUT2D eigenvalue weighted by molar-refractivity contribution is 5.90. The summed E-state index contributed by atoms with van der Waals surface area (Å²) in [6, 6.07) is 17.4. The molecule has 132 valence electrons. The third kappa shape index (κ3) is 2.16. The Morgan fingerprint density at radius 3 is 2.73 bits per heavy atom. The summed E-state index contributed by atoms with van der Waals surface area (Å²) in [5.41, 5.74) is 6.60. The van der Waals surface area contributed by atoms with Gasteiger partial charge >= 0.3 is 0 Å². The number of carbonyl (C=O) groups excluding carboxylic acids is 1.